The molecule has 0 aromatic carbocycles. The van der Waals surface area contributed by atoms with Gasteiger partial charge < -0.3 is 9.47 Å². The maximum absolute atomic E-state index is 5.44. The van der Waals surface area contributed by atoms with E-state index in [1.165, 1.54) is 0 Å². The van der Waals surface area contributed by atoms with Gasteiger partial charge in [-0.15, -0.1) is 11.8 Å². The summed E-state index contributed by atoms with van der Waals surface area (Å²) >= 11 is 4.92. The molecule has 0 N–H and O–H groups in total. The maximum atomic E-state index is 5.44. The van der Waals surface area contributed by atoms with Crippen molar-refractivity contribution in [2.24, 2.45) is 0 Å². The average molecular weight is 262 g/mol. The van der Waals surface area contributed by atoms with Crippen LogP contribution in [-0.4, -0.2) is 24.5 Å². The summed E-state index contributed by atoms with van der Waals surface area (Å²) in [7, 11) is 0. The van der Waals surface area contributed by atoms with Crippen LogP contribution in [0, 0.1) is 0 Å². The Bertz CT molecular complexity index is 332. The van der Waals surface area contributed by atoms with Gasteiger partial charge in [0, 0.05) is 6.07 Å². The molecule has 0 bridgehead atoms. The van der Waals surface area contributed by atoms with Gasteiger partial charge in [0.15, 0.2) is 16.1 Å². The lowest BCUT2D eigenvalue weighted by molar-refractivity contribution is 0.168. The van der Waals surface area contributed by atoms with Crippen LogP contribution in [0.2, 0.25) is 0 Å². The van der Waals surface area contributed by atoms with Crippen molar-refractivity contribution >= 4 is 27.7 Å². The molecule has 13 heavy (non-hydrogen) atoms. The third-order valence-electron chi connectivity index (χ3n) is 1.67. The first kappa shape index (κ1) is 9.15. The second kappa shape index (κ2) is 3.75. The standard InChI is InChI=1S/C8H8BrNO2S/c1-13-6-4-5-7(8(9)10-6)12-3-2-11-5/h4H,2-3H2,1H3. The van der Waals surface area contributed by atoms with E-state index >= 15 is 0 Å². The summed E-state index contributed by atoms with van der Waals surface area (Å²) in [6.07, 6.45) is 1.98. The number of thioether (sulfide) groups is 1. The molecule has 0 atom stereocenters. The maximum Gasteiger partial charge on any atom is 0.194 e. The molecule has 1 aliphatic heterocycles. The molecular weight excluding hydrogens is 254 g/mol. The molecule has 1 aromatic rings. The summed E-state index contributed by atoms with van der Waals surface area (Å²) in [5, 5.41) is 0.927. The normalized spacial score (nSPS) is 14.3. The van der Waals surface area contributed by atoms with Crippen LogP contribution in [0.1, 0.15) is 0 Å². The molecule has 0 saturated carbocycles. The van der Waals surface area contributed by atoms with Crippen LogP contribution in [0.3, 0.4) is 0 Å². The van der Waals surface area contributed by atoms with Crippen molar-refractivity contribution < 1.29 is 9.47 Å². The number of ether oxygens (including phenoxy) is 2. The van der Waals surface area contributed by atoms with Crippen molar-refractivity contribution in [1.29, 1.82) is 0 Å². The van der Waals surface area contributed by atoms with E-state index in [-0.39, 0.29) is 0 Å². The van der Waals surface area contributed by atoms with Gasteiger partial charge in [-0.25, -0.2) is 4.98 Å². The fourth-order valence-electron chi connectivity index (χ4n) is 1.10. The molecule has 70 valence electrons. The molecule has 5 heteroatoms. The fourth-order valence-corrected chi connectivity index (χ4v) is 2.12. The van der Waals surface area contributed by atoms with Gasteiger partial charge >= 0.3 is 0 Å². The van der Waals surface area contributed by atoms with Crippen molar-refractivity contribution in [1.82, 2.24) is 4.98 Å². The minimum Gasteiger partial charge on any atom is -0.486 e. The Balaban J connectivity index is 2.47. The van der Waals surface area contributed by atoms with Crippen molar-refractivity contribution in [2.45, 2.75) is 5.03 Å². The van der Waals surface area contributed by atoms with Crippen LogP contribution in [-0.2, 0) is 0 Å². The number of hydrogen-bond donors (Lipinski definition) is 0. The first-order valence-electron chi connectivity index (χ1n) is 3.81. The lowest BCUT2D eigenvalue weighted by atomic mass is 10.4. The van der Waals surface area contributed by atoms with E-state index in [2.05, 4.69) is 20.9 Å². The van der Waals surface area contributed by atoms with Crippen LogP contribution in [0.25, 0.3) is 0 Å². The molecule has 0 fully saturated rings. The highest BCUT2D eigenvalue weighted by Crippen LogP contribution is 2.38. The van der Waals surface area contributed by atoms with Crippen LogP contribution in [0.4, 0.5) is 0 Å². The molecular formula is C8H8BrNO2S. The average Bonchev–Trinajstić information content (AvgIpc) is 2.18. The Morgan fingerprint density at radius 3 is 3.00 bits per heavy atom. The molecule has 0 unspecified atom stereocenters. The van der Waals surface area contributed by atoms with Crippen molar-refractivity contribution in [2.75, 3.05) is 19.5 Å². The summed E-state index contributed by atoms with van der Waals surface area (Å²) < 4.78 is 11.6. The van der Waals surface area contributed by atoms with Gasteiger partial charge in [0.05, 0.1) is 0 Å². The van der Waals surface area contributed by atoms with E-state index in [9.17, 15) is 0 Å². The third-order valence-corrected chi connectivity index (χ3v) is 2.84. The summed E-state index contributed by atoms with van der Waals surface area (Å²) in [5.41, 5.74) is 0. The van der Waals surface area contributed by atoms with Gasteiger partial charge in [-0.1, -0.05) is 0 Å². The van der Waals surface area contributed by atoms with Crippen LogP contribution < -0.4 is 9.47 Å². The predicted octanol–water partition coefficient (Wildman–Crippen LogP) is 2.34. The third kappa shape index (κ3) is 1.76. The summed E-state index contributed by atoms with van der Waals surface area (Å²) in [4.78, 5) is 4.28. The molecule has 2 heterocycles. The molecule has 0 spiro atoms. The smallest absolute Gasteiger partial charge is 0.194 e. The number of rotatable bonds is 1. The zero-order valence-electron chi connectivity index (χ0n) is 7.04. The minimum absolute atomic E-state index is 0.589. The molecule has 2 rings (SSSR count). The van der Waals surface area contributed by atoms with Crippen molar-refractivity contribution in [3.63, 3.8) is 0 Å². The molecule has 0 aliphatic carbocycles. The monoisotopic (exact) mass is 261 g/mol. The van der Waals surface area contributed by atoms with E-state index in [4.69, 9.17) is 9.47 Å². The lowest BCUT2D eigenvalue weighted by Crippen LogP contribution is -2.16. The van der Waals surface area contributed by atoms with E-state index in [1.54, 1.807) is 11.8 Å². The van der Waals surface area contributed by atoms with Crippen molar-refractivity contribution in [3.05, 3.63) is 10.7 Å². The molecule has 1 aromatic heterocycles. The van der Waals surface area contributed by atoms with Gasteiger partial charge in [-0.2, -0.15) is 0 Å². The highest BCUT2D eigenvalue weighted by molar-refractivity contribution is 9.10. The first-order valence-corrected chi connectivity index (χ1v) is 5.83. The van der Waals surface area contributed by atoms with Crippen LogP contribution in [0.5, 0.6) is 11.5 Å². The second-order valence-electron chi connectivity index (χ2n) is 2.48. The van der Waals surface area contributed by atoms with Gasteiger partial charge in [-0.3, -0.25) is 0 Å². The zero-order valence-corrected chi connectivity index (χ0v) is 9.44. The number of hydrogen-bond acceptors (Lipinski definition) is 4. The van der Waals surface area contributed by atoms with E-state index < -0.39 is 0 Å². The van der Waals surface area contributed by atoms with Crippen molar-refractivity contribution in [3.8, 4) is 11.5 Å². The van der Waals surface area contributed by atoms with Gasteiger partial charge in [0.2, 0.25) is 0 Å². The molecule has 1 aliphatic rings. The molecule has 3 nitrogen and oxygen atoms in total. The Labute approximate surface area is 89.0 Å². The fraction of sp³-hybridized carbons (Fsp3) is 0.375. The Kier molecular flexibility index (Phi) is 2.64. The number of pyridine rings is 1. The molecule has 0 saturated heterocycles. The summed E-state index contributed by atoms with van der Waals surface area (Å²) in [6.45, 7) is 1.20. The quantitative estimate of drug-likeness (QED) is 0.574. The van der Waals surface area contributed by atoms with Gasteiger partial charge in [-0.05, 0) is 22.2 Å². The highest BCUT2D eigenvalue weighted by atomic mass is 79.9. The predicted molar refractivity (Wildman–Crippen MR) is 54.7 cm³/mol. The summed E-state index contributed by atoms with van der Waals surface area (Å²) in [5.74, 6) is 1.49. The Morgan fingerprint density at radius 1 is 1.46 bits per heavy atom. The molecule has 0 radical (unpaired) electrons. The van der Waals surface area contributed by atoms with E-state index in [0.29, 0.717) is 23.6 Å². The molecule has 0 amide bonds. The summed E-state index contributed by atoms with van der Waals surface area (Å²) in [6, 6.07) is 1.89. The van der Waals surface area contributed by atoms with E-state index in [0.717, 1.165) is 10.8 Å². The minimum atomic E-state index is 0.589. The number of halogens is 1. The SMILES string of the molecule is CSc1cc2c(c(Br)n1)OCCO2. The number of nitrogens with zero attached hydrogens (tertiary/aromatic N) is 1. The largest absolute Gasteiger partial charge is 0.486 e. The van der Waals surface area contributed by atoms with Gasteiger partial charge in [0.25, 0.3) is 0 Å². The number of fused-ring (bicyclic) bond motifs is 1. The zero-order chi connectivity index (χ0) is 9.26. The topological polar surface area (TPSA) is 31.4 Å². The lowest BCUT2D eigenvalue weighted by Gasteiger charge is -2.19. The second-order valence-corrected chi connectivity index (χ2v) is 4.06. The van der Waals surface area contributed by atoms with Crippen LogP contribution in [0.15, 0.2) is 15.7 Å². The van der Waals surface area contributed by atoms with Crippen LogP contribution >= 0.6 is 27.7 Å². The Morgan fingerprint density at radius 2 is 2.23 bits per heavy atom. The highest BCUT2D eigenvalue weighted by Gasteiger charge is 2.17. The van der Waals surface area contributed by atoms with E-state index in [1.807, 2.05) is 12.3 Å². The first-order chi connectivity index (χ1) is 6.31. The van der Waals surface area contributed by atoms with Gasteiger partial charge in [0.1, 0.15) is 18.2 Å². The Hall–Kier alpha value is -0.420. The number of aromatic nitrogens is 1.